The molecule has 21 heavy (non-hydrogen) atoms. The zero-order valence-electron chi connectivity index (χ0n) is 12.2. The highest BCUT2D eigenvalue weighted by molar-refractivity contribution is 9.10. The Morgan fingerprint density at radius 1 is 1.14 bits per heavy atom. The summed E-state index contributed by atoms with van der Waals surface area (Å²) in [7, 11) is 1.62. The maximum Gasteiger partial charge on any atom is 0.119 e. The van der Waals surface area contributed by atoms with Crippen molar-refractivity contribution in [2.75, 3.05) is 13.7 Å². The fourth-order valence-corrected chi connectivity index (χ4v) is 2.57. The van der Waals surface area contributed by atoms with Gasteiger partial charge in [-0.15, -0.1) is 0 Å². The maximum absolute atomic E-state index is 10.3. The standard InChI is InChI=1S/C17H20BrNO2/c1-12(13-5-3-7-15(18)9-13)19-11-17(20)14-6-4-8-16(10-14)21-2/h3-10,12,17,19-20H,11H2,1-2H3/t12-,17?/m0/s1. The summed E-state index contributed by atoms with van der Waals surface area (Å²) in [5.41, 5.74) is 2.03. The molecule has 1 unspecified atom stereocenters. The number of nitrogens with one attached hydrogen (secondary N) is 1. The number of aliphatic hydroxyl groups excluding tert-OH is 1. The predicted octanol–water partition coefficient (Wildman–Crippen LogP) is 3.84. The van der Waals surface area contributed by atoms with Crippen LogP contribution in [0.25, 0.3) is 0 Å². The van der Waals surface area contributed by atoms with Gasteiger partial charge in [0.15, 0.2) is 0 Å². The normalized spacial score (nSPS) is 13.7. The Morgan fingerprint density at radius 3 is 2.57 bits per heavy atom. The number of ether oxygens (including phenoxy) is 1. The molecular weight excluding hydrogens is 330 g/mol. The van der Waals surface area contributed by atoms with Gasteiger partial charge in [-0.3, -0.25) is 0 Å². The maximum atomic E-state index is 10.3. The lowest BCUT2D eigenvalue weighted by atomic mass is 10.1. The van der Waals surface area contributed by atoms with Crippen LogP contribution >= 0.6 is 15.9 Å². The number of methoxy groups -OCH3 is 1. The lowest BCUT2D eigenvalue weighted by molar-refractivity contribution is 0.170. The van der Waals surface area contributed by atoms with Crippen molar-refractivity contribution in [3.8, 4) is 5.75 Å². The number of aliphatic hydroxyl groups is 1. The van der Waals surface area contributed by atoms with E-state index in [9.17, 15) is 5.11 Å². The molecule has 4 heteroatoms. The smallest absolute Gasteiger partial charge is 0.119 e. The van der Waals surface area contributed by atoms with Crippen LogP contribution in [-0.2, 0) is 0 Å². The monoisotopic (exact) mass is 349 g/mol. The van der Waals surface area contributed by atoms with Crippen molar-refractivity contribution >= 4 is 15.9 Å². The van der Waals surface area contributed by atoms with Gasteiger partial charge in [0.2, 0.25) is 0 Å². The summed E-state index contributed by atoms with van der Waals surface area (Å²) < 4.78 is 6.23. The molecule has 0 aliphatic rings. The van der Waals surface area contributed by atoms with Crippen LogP contribution in [-0.4, -0.2) is 18.8 Å². The Morgan fingerprint density at radius 2 is 1.86 bits per heavy atom. The zero-order valence-corrected chi connectivity index (χ0v) is 13.8. The summed E-state index contributed by atoms with van der Waals surface area (Å²) in [6.07, 6.45) is -0.560. The molecule has 0 bridgehead atoms. The van der Waals surface area contributed by atoms with Gasteiger partial charge >= 0.3 is 0 Å². The van der Waals surface area contributed by atoms with Gasteiger partial charge in [-0.25, -0.2) is 0 Å². The highest BCUT2D eigenvalue weighted by atomic mass is 79.9. The molecule has 2 N–H and O–H groups in total. The lowest BCUT2D eigenvalue weighted by Crippen LogP contribution is -2.24. The van der Waals surface area contributed by atoms with Crippen molar-refractivity contribution in [3.63, 3.8) is 0 Å². The molecule has 0 spiro atoms. The molecule has 0 saturated carbocycles. The summed E-state index contributed by atoms with van der Waals surface area (Å²) in [6.45, 7) is 2.57. The molecule has 2 rings (SSSR count). The van der Waals surface area contributed by atoms with Crippen LogP contribution in [0.15, 0.2) is 53.0 Å². The molecule has 0 aliphatic heterocycles. The van der Waals surface area contributed by atoms with E-state index in [-0.39, 0.29) is 6.04 Å². The Hall–Kier alpha value is -1.36. The molecule has 3 nitrogen and oxygen atoms in total. The lowest BCUT2D eigenvalue weighted by Gasteiger charge is -2.18. The Bertz CT molecular complexity index is 589. The minimum atomic E-state index is -0.560. The van der Waals surface area contributed by atoms with Gasteiger partial charge in [0.25, 0.3) is 0 Å². The van der Waals surface area contributed by atoms with Crippen LogP contribution in [0, 0.1) is 0 Å². The molecule has 0 radical (unpaired) electrons. The van der Waals surface area contributed by atoms with E-state index < -0.39 is 6.10 Å². The minimum Gasteiger partial charge on any atom is -0.497 e. The van der Waals surface area contributed by atoms with Crippen LogP contribution in [0.4, 0.5) is 0 Å². The average Bonchev–Trinajstić information content (AvgIpc) is 2.52. The third kappa shape index (κ3) is 4.56. The molecule has 0 heterocycles. The van der Waals surface area contributed by atoms with E-state index in [1.807, 2.05) is 36.4 Å². The van der Waals surface area contributed by atoms with Crippen molar-refractivity contribution < 1.29 is 9.84 Å². The summed E-state index contributed by atoms with van der Waals surface area (Å²) in [6, 6.07) is 15.8. The van der Waals surface area contributed by atoms with E-state index in [1.165, 1.54) is 5.56 Å². The molecule has 2 aromatic rings. The zero-order chi connectivity index (χ0) is 15.2. The van der Waals surface area contributed by atoms with Crippen LogP contribution in [0.5, 0.6) is 5.75 Å². The molecule has 0 saturated heterocycles. The fourth-order valence-electron chi connectivity index (χ4n) is 2.15. The van der Waals surface area contributed by atoms with Gasteiger partial charge in [-0.1, -0.05) is 40.2 Å². The summed E-state index contributed by atoms with van der Waals surface area (Å²) in [5, 5.41) is 13.6. The number of halogens is 1. The second-order valence-electron chi connectivity index (χ2n) is 4.98. The van der Waals surface area contributed by atoms with E-state index in [2.05, 4.69) is 40.3 Å². The van der Waals surface area contributed by atoms with Crippen molar-refractivity contribution in [1.29, 1.82) is 0 Å². The molecule has 0 fully saturated rings. The van der Waals surface area contributed by atoms with Crippen LogP contribution in [0.1, 0.15) is 30.2 Å². The topological polar surface area (TPSA) is 41.5 Å². The van der Waals surface area contributed by atoms with E-state index in [0.717, 1.165) is 15.8 Å². The molecule has 0 aromatic heterocycles. The second kappa shape index (κ2) is 7.59. The first-order chi connectivity index (χ1) is 10.1. The Kier molecular flexibility index (Phi) is 5.79. The Balaban J connectivity index is 1.95. The van der Waals surface area contributed by atoms with E-state index in [0.29, 0.717) is 6.54 Å². The minimum absolute atomic E-state index is 0.169. The first kappa shape index (κ1) is 16.0. The largest absolute Gasteiger partial charge is 0.497 e. The average molecular weight is 350 g/mol. The van der Waals surface area contributed by atoms with Crippen LogP contribution in [0.2, 0.25) is 0 Å². The van der Waals surface area contributed by atoms with Crippen molar-refractivity contribution in [3.05, 3.63) is 64.1 Å². The summed E-state index contributed by atoms with van der Waals surface area (Å²) in [4.78, 5) is 0. The quantitative estimate of drug-likeness (QED) is 0.832. The highest BCUT2D eigenvalue weighted by Crippen LogP contribution is 2.21. The molecule has 0 amide bonds. The third-order valence-electron chi connectivity index (χ3n) is 3.44. The number of hydrogen-bond donors (Lipinski definition) is 2. The first-order valence-corrected chi connectivity index (χ1v) is 7.70. The van der Waals surface area contributed by atoms with Crippen molar-refractivity contribution in [1.82, 2.24) is 5.32 Å². The molecular formula is C17H20BrNO2. The van der Waals surface area contributed by atoms with E-state index in [1.54, 1.807) is 7.11 Å². The van der Waals surface area contributed by atoms with Crippen LogP contribution in [0.3, 0.4) is 0 Å². The van der Waals surface area contributed by atoms with E-state index in [4.69, 9.17) is 4.74 Å². The third-order valence-corrected chi connectivity index (χ3v) is 3.94. The van der Waals surface area contributed by atoms with Gasteiger partial charge in [0.05, 0.1) is 13.2 Å². The number of benzene rings is 2. The van der Waals surface area contributed by atoms with Crippen molar-refractivity contribution in [2.45, 2.75) is 19.1 Å². The molecule has 0 aliphatic carbocycles. The first-order valence-electron chi connectivity index (χ1n) is 6.91. The molecule has 112 valence electrons. The molecule has 2 atom stereocenters. The predicted molar refractivity (Wildman–Crippen MR) is 88.5 cm³/mol. The van der Waals surface area contributed by atoms with Gasteiger partial charge in [0, 0.05) is 17.1 Å². The summed E-state index contributed by atoms with van der Waals surface area (Å²) in [5.74, 6) is 0.756. The molecule has 2 aromatic carbocycles. The Labute approximate surface area is 134 Å². The van der Waals surface area contributed by atoms with Gasteiger partial charge < -0.3 is 15.2 Å². The van der Waals surface area contributed by atoms with Gasteiger partial charge in [-0.05, 0) is 42.3 Å². The SMILES string of the molecule is COc1cccc(C(O)CN[C@@H](C)c2cccc(Br)c2)c1. The highest BCUT2D eigenvalue weighted by Gasteiger charge is 2.11. The number of hydrogen-bond acceptors (Lipinski definition) is 3. The van der Waals surface area contributed by atoms with E-state index >= 15 is 0 Å². The number of rotatable bonds is 6. The fraction of sp³-hybridized carbons (Fsp3) is 0.294. The van der Waals surface area contributed by atoms with Gasteiger partial charge in [0.1, 0.15) is 5.75 Å². The van der Waals surface area contributed by atoms with Crippen LogP contribution < -0.4 is 10.1 Å². The summed E-state index contributed by atoms with van der Waals surface area (Å²) >= 11 is 3.47. The van der Waals surface area contributed by atoms with Gasteiger partial charge in [-0.2, -0.15) is 0 Å². The van der Waals surface area contributed by atoms with Crippen molar-refractivity contribution in [2.24, 2.45) is 0 Å². The second-order valence-corrected chi connectivity index (χ2v) is 5.89.